The predicted molar refractivity (Wildman–Crippen MR) is 122 cm³/mol. The maximum absolute atomic E-state index is 13.5. The topological polar surface area (TPSA) is 66.3 Å². The molecular weight excluding hydrogens is 426 g/mol. The highest BCUT2D eigenvalue weighted by Crippen LogP contribution is 2.28. The molecule has 0 spiro atoms. The van der Waals surface area contributed by atoms with E-state index in [4.69, 9.17) is 0 Å². The molecule has 1 aliphatic heterocycles. The molecule has 1 aliphatic carbocycles. The Bertz CT molecular complexity index is 1150. The van der Waals surface area contributed by atoms with Gasteiger partial charge in [0.2, 0.25) is 11.9 Å². The zero-order chi connectivity index (χ0) is 22.9. The fourth-order valence-electron chi connectivity index (χ4n) is 4.77. The van der Waals surface area contributed by atoms with Gasteiger partial charge in [0.15, 0.2) is 0 Å². The average molecular weight is 453 g/mol. The Kier molecular flexibility index (Phi) is 5.70. The molecule has 3 aromatic rings. The largest absolute Gasteiger partial charge is 0.360 e. The van der Waals surface area contributed by atoms with E-state index in [0.717, 1.165) is 48.9 Å². The number of nitrogens with one attached hydrogen (secondary N) is 1. The van der Waals surface area contributed by atoms with Crippen LogP contribution in [0.3, 0.4) is 0 Å². The van der Waals surface area contributed by atoms with Crippen molar-refractivity contribution in [1.29, 1.82) is 0 Å². The summed E-state index contributed by atoms with van der Waals surface area (Å²) in [6, 6.07) is 9.58. The number of aryl methyl sites for hydroxylation is 1. The molecule has 2 aromatic carbocycles. The summed E-state index contributed by atoms with van der Waals surface area (Å²) in [5, 5.41) is 7.44. The molecule has 1 aromatic heterocycles. The average Bonchev–Trinajstić information content (AvgIpc) is 3.45. The van der Waals surface area contributed by atoms with Gasteiger partial charge in [0.05, 0.1) is 12.2 Å². The summed E-state index contributed by atoms with van der Waals surface area (Å²) in [5.74, 6) is -0.868. The number of rotatable bonds is 5. The standard InChI is InChI=1S/C24H26F2N6O/c1-16-8-19(28-24-27-15-32(29-24)22-11-17(25)10-18(26)12-22)13-21(9-16)30-6-7-31(23(33)14-30)20-4-2-3-5-20/h8-13,15,20H,2-7,14H2,1H3,(H,28,29). The Balaban J connectivity index is 1.30. The van der Waals surface area contributed by atoms with Gasteiger partial charge in [0, 0.05) is 36.6 Å². The molecule has 0 unspecified atom stereocenters. The van der Waals surface area contributed by atoms with Crippen LogP contribution in [0.15, 0.2) is 42.7 Å². The van der Waals surface area contributed by atoms with E-state index in [0.29, 0.717) is 18.5 Å². The molecule has 2 aliphatic rings. The molecule has 2 fully saturated rings. The van der Waals surface area contributed by atoms with Gasteiger partial charge in [-0.25, -0.2) is 13.5 Å². The summed E-state index contributed by atoms with van der Waals surface area (Å²) in [5.41, 5.74) is 3.02. The SMILES string of the molecule is Cc1cc(Nc2ncn(-c3cc(F)cc(F)c3)n2)cc(N2CCN(C3CCCC3)C(=O)C2)c1. The molecule has 33 heavy (non-hydrogen) atoms. The number of piperazine rings is 1. The van der Waals surface area contributed by atoms with Crippen LogP contribution in [-0.2, 0) is 4.79 Å². The second kappa shape index (κ2) is 8.80. The third-order valence-electron chi connectivity index (χ3n) is 6.31. The summed E-state index contributed by atoms with van der Waals surface area (Å²) >= 11 is 0. The van der Waals surface area contributed by atoms with E-state index in [-0.39, 0.29) is 11.6 Å². The second-order valence-electron chi connectivity index (χ2n) is 8.77. The number of hydrogen-bond acceptors (Lipinski definition) is 5. The van der Waals surface area contributed by atoms with Crippen LogP contribution < -0.4 is 10.2 Å². The first-order valence-electron chi connectivity index (χ1n) is 11.3. The summed E-state index contributed by atoms with van der Waals surface area (Å²) in [6.07, 6.45) is 6.05. The molecule has 1 saturated carbocycles. The van der Waals surface area contributed by atoms with Crippen LogP contribution >= 0.6 is 0 Å². The smallest absolute Gasteiger partial charge is 0.246 e. The van der Waals surface area contributed by atoms with Crippen molar-refractivity contribution >= 4 is 23.2 Å². The maximum Gasteiger partial charge on any atom is 0.246 e. The van der Waals surface area contributed by atoms with Gasteiger partial charge in [0.1, 0.15) is 18.0 Å². The molecule has 7 nitrogen and oxygen atoms in total. The first-order chi connectivity index (χ1) is 15.9. The van der Waals surface area contributed by atoms with Crippen LogP contribution in [0, 0.1) is 18.6 Å². The van der Waals surface area contributed by atoms with Crippen molar-refractivity contribution in [1.82, 2.24) is 19.7 Å². The minimum absolute atomic E-state index is 0.187. The highest BCUT2D eigenvalue weighted by atomic mass is 19.1. The molecule has 1 amide bonds. The van der Waals surface area contributed by atoms with Gasteiger partial charge in [0.25, 0.3) is 0 Å². The van der Waals surface area contributed by atoms with E-state index in [2.05, 4.69) is 31.3 Å². The fourth-order valence-corrected chi connectivity index (χ4v) is 4.77. The van der Waals surface area contributed by atoms with Crippen LogP contribution in [0.1, 0.15) is 31.2 Å². The van der Waals surface area contributed by atoms with Crippen molar-refractivity contribution in [2.75, 3.05) is 29.9 Å². The summed E-state index contributed by atoms with van der Waals surface area (Å²) in [4.78, 5) is 21.2. The van der Waals surface area contributed by atoms with Crippen LogP contribution in [-0.4, -0.2) is 51.2 Å². The molecule has 0 radical (unpaired) electrons. The van der Waals surface area contributed by atoms with E-state index in [1.54, 1.807) is 0 Å². The van der Waals surface area contributed by atoms with E-state index in [1.165, 1.54) is 36.0 Å². The first kappa shape index (κ1) is 21.4. The predicted octanol–water partition coefficient (Wildman–Crippen LogP) is 4.19. The van der Waals surface area contributed by atoms with Crippen LogP contribution in [0.4, 0.5) is 26.1 Å². The molecule has 1 N–H and O–H groups in total. The van der Waals surface area contributed by atoms with Crippen LogP contribution in [0.5, 0.6) is 0 Å². The highest BCUT2D eigenvalue weighted by Gasteiger charge is 2.31. The molecule has 0 bridgehead atoms. The fraction of sp³-hybridized carbons (Fsp3) is 0.375. The number of carbonyl (C=O) groups excluding carboxylic acids is 1. The lowest BCUT2D eigenvalue weighted by Gasteiger charge is -2.39. The first-order valence-corrected chi connectivity index (χ1v) is 11.3. The summed E-state index contributed by atoms with van der Waals surface area (Å²) < 4.78 is 28.4. The molecule has 9 heteroatoms. The number of carbonyl (C=O) groups is 1. The molecule has 5 rings (SSSR count). The molecule has 172 valence electrons. The lowest BCUT2D eigenvalue weighted by atomic mass is 10.1. The lowest BCUT2D eigenvalue weighted by Crippen LogP contribution is -2.53. The second-order valence-corrected chi connectivity index (χ2v) is 8.77. The van der Waals surface area contributed by atoms with Crippen molar-refractivity contribution < 1.29 is 13.6 Å². The quantitative estimate of drug-likeness (QED) is 0.629. The van der Waals surface area contributed by atoms with Gasteiger partial charge in [-0.15, -0.1) is 5.10 Å². The number of amides is 1. The molecule has 1 saturated heterocycles. The van der Waals surface area contributed by atoms with E-state index in [9.17, 15) is 13.6 Å². The van der Waals surface area contributed by atoms with Crippen molar-refractivity contribution in [3.8, 4) is 5.69 Å². The number of anilines is 3. The lowest BCUT2D eigenvalue weighted by molar-refractivity contribution is -0.133. The minimum Gasteiger partial charge on any atom is -0.360 e. The van der Waals surface area contributed by atoms with Crippen molar-refractivity contribution in [3.05, 3.63) is 59.9 Å². The van der Waals surface area contributed by atoms with Gasteiger partial charge < -0.3 is 15.1 Å². The maximum atomic E-state index is 13.5. The Hall–Kier alpha value is -3.49. The Morgan fingerprint density at radius 1 is 0.970 bits per heavy atom. The number of nitrogens with zero attached hydrogens (tertiary/aromatic N) is 5. The van der Waals surface area contributed by atoms with E-state index in [1.807, 2.05) is 19.1 Å². The normalized spacial score (nSPS) is 17.1. The Labute approximate surface area is 191 Å². The minimum atomic E-state index is -0.680. The third kappa shape index (κ3) is 4.67. The monoisotopic (exact) mass is 452 g/mol. The van der Waals surface area contributed by atoms with Gasteiger partial charge in [-0.2, -0.15) is 4.98 Å². The summed E-state index contributed by atoms with van der Waals surface area (Å²) in [6.45, 7) is 3.91. The van der Waals surface area contributed by atoms with E-state index >= 15 is 0 Å². The van der Waals surface area contributed by atoms with Crippen LogP contribution in [0.25, 0.3) is 5.69 Å². The van der Waals surface area contributed by atoms with Crippen molar-refractivity contribution in [3.63, 3.8) is 0 Å². The zero-order valence-corrected chi connectivity index (χ0v) is 18.5. The van der Waals surface area contributed by atoms with Gasteiger partial charge in [-0.1, -0.05) is 12.8 Å². The van der Waals surface area contributed by atoms with Gasteiger partial charge in [-0.05, 0) is 55.7 Å². The number of benzene rings is 2. The van der Waals surface area contributed by atoms with Gasteiger partial charge >= 0.3 is 0 Å². The number of halogens is 2. The Morgan fingerprint density at radius 3 is 2.45 bits per heavy atom. The Morgan fingerprint density at radius 2 is 1.73 bits per heavy atom. The van der Waals surface area contributed by atoms with Gasteiger partial charge in [-0.3, -0.25) is 4.79 Å². The molecular formula is C24H26F2N6O. The third-order valence-corrected chi connectivity index (χ3v) is 6.31. The van der Waals surface area contributed by atoms with Crippen LogP contribution in [0.2, 0.25) is 0 Å². The molecule has 2 heterocycles. The van der Waals surface area contributed by atoms with Crippen molar-refractivity contribution in [2.24, 2.45) is 0 Å². The highest BCUT2D eigenvalue weighted by molar-refractivity contribution is 5.83. The van der Waals surface area contributed by atoms with Crippen molar-refractivity contribution in [2.45, 2.75) is 38.6 Å². The number of hydrogen-bond donors (Lipinski definition) is 1. The zero-order valence-electron chi connectivity index (χ0n) is 18.5. The number of aromatic nitrogens is 3. The molecule has 0 atom stereocenters. The summed E-state index contributed by atoms with van der Waals surface area (Å²) in [7, 11) is 0. The van der Waals surface area contributed by atoms with E-state index < -0.39 is 11.6 Å².